The molecule has 0 radical (unpaired) electrons. The summed E-state index contributed by atoms with van der Waals surface area (Å²) in [5.74, 6) is 0.334. The summed E-state index contributed by atoms with van der Waals surface area (Å²) >= 11 is 0. The number of benzene rings is 2. The topological polar surface area (TPSA) is 90.7 Å². The first-order valence-electron chi connectivity index (χ1n) is 6.82. The molecule has 7 nitrogen and oxygen atoms in total. The Bertz CT molecular complexity index is 730. The Balaban J connectivity index is 2.02. The first kappa shape index (κ1) is 16.3. The predicted octanol–water partition coefficient (Wildman–Crippen LogP) is 2.93. The first-order chi connectivity index (χ1) is 11.0. The van der Waals surface area contributed by atoms with Gasteiger partial charge in [-0.3, -0.25) is 14.9 Å². The van der Waals surface area contributed by atoms with Crippen LogP contribution in [0.1, 0.15) is 5.56 Å². The van der Waals surface area contributed by atoms with Crippen molar-refractivity contribution < 1.29 is 19.2 Å². The normalized spacial score (nSPS) is 10.0. The van der Waals surface area contributed by atoms with E-state index in [1.165, 1.54) is 25.3 Å². The standard InChI is InChI=1S/C16H16N2O5/c1-11-5-3-4-6-14(11)23-10-16(19)17-12-7-8-15(22-2)13(9-12)18(20)21/h3-9H,10H2,1-2H3,(H,17,19). The highest BCUT2D eigenvalue weighted by Crippen LogP contribution is 2.29. The van der Waals surface area contributed by atoms with E-state index in [1.807, 2.05) is 25.1 Å². The zero-order chi connectivity index (χ0) is 16.8. The quantitative estimate of drug-likeness (QED) is 0.653. The van der Waals surface area contributed by atoms with Crippen molar-refractivity contribution in [1.82, 2.24) is 0 Å². The molecular formula is C16H16N2O5. The van der Waals surface area contributed by atoms with Crippen LogP contribution in [0, 0.1) is 17.0 Å². The van der Waals surface area contributed by atoms with Crippen LogP contribution < -0.4 is 14.8 Å². The van der Waals surface area contributed by atoms with Crippen LogP contribution in [0.15, 0.2) is 42.5 Å². The number of anilines is 1. The van der Waals surface area contributed by atoms with Gasteiger partial charge in [0.2, 0.25) is 0 Å². The molecule has 0 aromatic heterocycles. The number of rotatable bonds is 6. The highest BCUT2D eigenvalue weighted by molar-refractivity contribution is 5.92. The van der Waals surface area contributed by atoms with E-state index in [2.05, 4.69) is 5.32 Å². The number of para-hydroxylation sites is 1. The SMILES string of the molecule is COc1ccc(NC(=O)COc2ccccc2C)cc1[N+](=O)[O-]. The fraction of sp³-hybridized carbons (Fsp3) is 0.188. The van der Waals surface area contributed by atoms with Gasteiger partial charge in [0.15, 0.2) is 12.4 Å². The van der Waals surface area contributed by atoms with Crippen molar-refractivity contribution >= 4 is 17.3 Å². The molecule has 1 N–H and O–H groups in total. The lowest BCUT2D eigenvalue weighted by Crippen LogP contribution is -2.20. The Kier molecular flexibility index (Phi) is 5.14. The van der Waals surface area contributed by atoms with Crippen molar-refractivity contribution in [1.29, 1.82) is 0 Å². The van der Waals surface area contributed by atoms with Gasteiger partial charge in [0.05, 0.1) is 12.0 Å². The number of hydrogen-bond acceptors (Lipinski definition) is 5. The Morgan fingerprint density at radius 1 is 1.22 bits per heavy atom. The van der Waals surface area contributed by atoms with Gasteiger partial charge < -0.3 is 14.8 Å². The summed E-state index contributed by atoms with van der Waals surface area (Å²) in [5, 5.41) is 13.5. The molecule has 0 spiro atoms. The van der Waals surface area contributed by atoms with Gasteiger partial charge in [-0.25, -0.2) is 0 Å². The Labute approximate surface area is 133 Å². The third-order valence-corrected chi connectivity index (χ3v) is 3.11. The van der Waals surface area contributed by atoms with Crippen LogP contribution in [0.2, 0.25) is 0 Å². The second kappa shape index (κ2) is 7.26. The largest absolute Gasteiger partial charge is 0.490 e. The van der Waals surface area contributed by atoms with Crippen LogP contribution >= 0.6 is 0 Å². The molecule has 7 heteroatoms. The van der Waals surface area contributed by atoms with Crippen molar-refractivity contribution in [3.8, 4) is 11.5 Å². The van der Waals surface area contributed by atoms with Crippen LogP contribution in [0.3, 0.4) is 0 Å². The number of aryl methyl sites for hydroxylation is 1. The van der Waals surface area contributed by atoms with Crippen LogP contribution in [0.4, 0.5) is 11.4 Å². The lowest BCUT2D eigenvalue weighted by molar-refractivity contribution is -0.385. The molecule has 0 bridgehead atoms. The highest BCUT2D eigenvalue weighted by Gasteiger charge is 2.16. The molecule has 0 aliphatic heterocycles. The van der Waals surface area contributed by atoms with Crippen LogP contribution in [-0.2, 0) is 4.79 Å². The second-order valence-corrected chi connectivity index (χ2v) is 4.75. The summed E-state index contributed by atoms with van der Waals surface area (Å²) in [7, 11) is 1.34. The number of carbonyl (C=O) groups excluding carboxylic acids is 1. The van der Waals surface area contributed by atoms with E-state index in [1.54, 1.807) is 6.07 Å². The molecule has 23 heavy (non-hydrogen) atoms. The van der Waals surface area contributed by atoms with Crippen molar-refractivity contribution in [2.24, 2.45) is 0 Å². The smallest absolute Gasteiger partial charge is 0.312 e. The number of nitro groups is 1. The molecule has 0 fully saturated rings. The molecular weight excluding hydrogens is 300 g/mol. The third-order valence-electron chi connectivity index (χ3n) is 3.11. The molecule has 0 atom stereocenters. The number of ether oxygens (including phenoxy) is 2. The summed E-state index contributed by atoms with van der Waals surface area (Å²) in [5.41, 5.74) is 1.00. The lowest BCUT2D eigenvalue weighted by Gasteiger charge is -2.10. The number of nitrogens with one attached hydrogen (secondary N) is 1. The third kappa shape index (κ3) is 4.19. The number of amides is 1. The Morgan fingerprint density at radius 2 is 1.96 bits per heavy atom. The molecule has 0 saturated carbocycles. The number of hydrogen-bond donors (Lipinski definition) is 1. The monoisotopic (exact) mass is 316 g/mol. The summed E-state index contributed by atoms with van der Waals surface area (Å²) in [4.78, 5) is 22.3. The maximum atomic E-state index is 11.9. The predicted molar refractivity (Wildman–Crippen MR) is 85.0 cm³/mol. The van der Waals surface area contributed by atoms with Gasteiger partial charge in [-0.15, -0.1) is 0 Å². The minimum atomic E-state index is -0.571. The summed E-state index contributed by atoms with van der Waals surface area (Å²) in [6.07, 6.45) is 0. The summed E-state index contributed by atoms with van der Waals surface area (Å²) in [6.45, 7) is 1.69. The molecule has 0 saturated heterocycles. The maximum absolute atomic E-state index is 11.9. The average molecular weight is 316 g/mol. The van der Waals surface area contributed by atoms with Crippen LogP contribution in [0.25, 0.3) is 0 Å². The second-order valence-electron chi connectivity index (χ2n) is 4.75. The first-order valence-corrected chi connectivity index (χ1v) is 6.82. The van der Waals surface area contributed by atoms with Gasteiger partial charge in [-0.1, -0.05) is 18.2 Å². The van der Waals surface area contributed by atoms with E-state index in [0.717, 1.165) is 5.56 Å². The molecule has 0 aliphatic rings. The zero-order valence-corrected chi connectivity index (χ0v) is 12.7. The fourth-order valence-corrected chi connectivity index (χ4v) is 1.97. The zero-order valence-electron chi connectivity index (χ0n) is 12.7. The van der Waals surface area contributed by atoms with E-state index in [0.29, 0.717) is 11.4 Å². The van der Waals surface area contributed by atoms with E-state index in [4.69, 9.17) is 9.47 Å². The Hall–Kier alpha value is -3.09. The average Bonchev–Trinajstić information content (AvgIpc) is 2.54. The molecule has 0 unspecified atom stereocenters. The highest BCUT2D eigenvalue weighted by atomic mass is 16.6. The van der Waals surface area contributed by atoms with Crippen molar-refractivity contribution in [3.63, 3.8) is 0 Å². The maximum Gasteiger partial charge on any atom is 0.312 e. The molecule has 2 rings (SSSR count). The molecule has 0 heterocycles. The van der Waals surface area contributed by atoms with E-state index < -0.39 is 10.8 Å². The van der Waals surface area contributed by atoms with Crippen molar-refractivity contribution in [2.45, 2.75) is 6.92 Å². The van der Waals surface area contributed by atoms with Gasteiger partial charge >= 0.3 is 5.69 Å². The van der Waals surface area contributed by atoms with Gasteiger partial charge in [-0.2, -0.15) is 0 Å². The van der Waals surface area contributed by atoms with Crippen LogP contribution in [-0.4, -0.2) is 24.5 Å². The molecule has 1 amide bonds. The fourth-order valence-electron chi connectivity index (χ4n) is 1.97. The lowest BCUT2D eigenvalue weighted by atomic mass is 10.2. The number of nitro benzene ring substituents is 1. The van der Waals surface area contributed by atoms with Crippen LogP contribution in [0.5, 0.6) is 11.5 Å². The number of nitrogens with zero attached hydrogens (tertiary/aromatic N) is 1. The summed E-state index contributed by atoms with van der Waals surface area (Å²) < 4.78 is 10.3. The number of methoxy groups -OCH3 is 1. The summed E-state index contributed by atoms with van der Waals surface area (Å²) in [6, 6.07) is 11.5. The van der Waals surface area contributed by atoms with Crippen molar-refractivity contribution in [2.75, 3.05) is 19.0 Å². The number of carbonyl (C=O) groups is 1. The molecule has 2 aromatic carbocycles. The van der Waals surface area contributed by atoms with E-state index >= 15 is 0 Å². The van der Waals surface area contributed by atoms with E-state index in [-0.39, 0.29) is 18.0 Å². The van der Waals surface area contributed by atoms with Gasteiger partial charge in [0.25, 0.3) is 5.91 Å². The minimum Gasteiger partial charge on any atom is -0.490 e. The molecule has 0 aliphatic carbocycles. The van der Waals surface area contributed by atoms with Gasteiger partial charge in [0, 0.05) is 11.8 Å². The van der Waals surface area contributed by atoms with E-state index in [9.17, 15) is 14.9 Å². The van der Waals surface area contributed by atoms with Gasteiger partial charge in [-0.05, 0) is 30.7 Å². The van der Waals surface area contributed by atoms with Gasteiger partial charge in [0.1, 0.15) is 5.75 Å². The minimum absolute atomic E-state index is 0.129. The van der Waals surface area contributed by atoms with Crippen molar-refractivity contribution in [3.05, 3.63) is 58.1 Å². The Morgan fingerprint density at radius 3 is 2.61 bits per heavy atom. The molecule has 120 valence electrons. The molecule has 2 aromatic rings.